The average molecular weight is 283 g/mol. The number of nitrogens with two attached hydrogens (primary N) is 1. The van der Waals surface area contributed by atoms with E-state index >= 15 is 0 Å². The molecule has 2 N–H and O–H groups in total. The van der Waals surface area contributed by atoms with Gasteiger partial charge in [0.05, 0.1) is 7.11 Å². The Hall–Kier alpha value is -0.990. The van der Waals surface area contributed by atoms with Gasteiger partial charge in [-0.2, -0.15) is 0 Å². The molecule has 0 aliphatic carbocycles. The van der Waals surface area contributed by atoms with Crippen molar-refractivity contribution >= 4 is 5.97 Å². The third-order valence-corrected chi connectivity index (χ3v) is 3.59. The molecule has 0 saturated carbocycles. The minimum absolute atomic E-state index is 0.236. The normalized spacial score (nSPS) is 11.6. The van der Waals surface area contributed by atoms with Crippen molar-refractivity contribution in [2.75, 3.05) is 7.11 Å². The van der Waals surface area contributed by atoms with Crippen molar-refractivity contribution < 1.29 is 9.53 Å². The Kier molecular flexibility index (Phi) is 13.7. The average Bonchev–Trinajstić information content (AvgIpc) is 2.47. The zero-order chi connectivity index (χ0) is 15.1. The summed E-state index contributed by atoms with van der Waals surface area (Å²) in [5.74, 6) is -0.423. The number of hydrogen-bond donors (Lipinski definition) is 1. The van der Waals surface area contributed by atoms with Crippen molar-refractivity contribution in [2.24, 2.45) is 5.73 Å². The molecule has 0 heterocycles. The lowest BCUT2D eigenvalue weighted by molar-refractivity contribution is -0.136. The van der Waals surface area contributed by atoms with Gasteiger partial charge in [0.2, 0.25) is 0 Å². The molecule has 0 aromatic carbocycles. The molecule has 0 radical (unpaired) electrons. The molecule has 0 fully saturated rings. The van der Waals surface area contributed by atoms with Crippen LogP contribution in [0.25, 0.3) is 0 Å². The lowest BCUT2D eigenvalue weighted by Gasteiger charge is -2.02. The number of hydrogen-bond acceptors (Lipinski definition) is 3. The van der Waals surface area contributed by atoms with Gasteiger partial charge in [-0.3, -0.25) is 0 Å². The van der Waals surface area contributed by atoms with Gasteiger partial charge in [0.15, 0.2) is 0 Å². The van der Waals surface area contributed by atoms with Crippen molar-refractivity contribution in [1.29, 1.82) is 0 Å². The van der Waals surface area contributed by atoms with Gasteiger partial charge in [0, 0.05) is 0 Å². The second kappa shape index (κ2) is 14.4. The van der Waals surface area contributed by atoms with Crippen LogP contribution in [0.15, 0.2) is 11.8 Å². The lowest BCUT2D eigenvalue weighted by atomic mass is 10.1. The molecule has 3 nitrogen and oxygen atoms in total. The van der Waals surface area contributed by atoms with Crippen LogP contribution >= 0.6 is 0 Å². The van der Waals surface area contributed by atoms with Gasteiger partial charge in [-0.15, -0.1) is 0 Å². The molecule has 118 valence electrons. The number of carbonyl (C=O) groups is 1. The van der Waals surface area contributed by atoms with Gasteiger partial charge in [0.25, 0.3) is 0 Å². The van der Waals surface area contributed by atoms with E-state index in [2.05, 4.69) is 11.7 Å². The van der Waals surface area contributed by atoms with Gasteiger partial charge in [-0.05, 0) is 12.8 Å². The molecule has 0 saturated heterocycles. The molecule has 0 spiro atoms. The summed E-state index contributed by atoms with van der Waals surface area (Å²) in [7, 11) is 1.35. The van der Waals surface area contributed by atoms with Crippen LogP contribution in [0.3, 0.4) is 0 Å². The first kappa shape index (κ1) is 19.0. The summed E-state index contributed by atoms with van der Waals surface area (Å²) in [5.41, 5.74) is 5.78. The van der Waals surface area contributed by atoms with Crippen LogP contribution in [0.4, 0.5) is 0 Å². The van der Waals surface area contributed by atoms with E-state index in [4.69, 9.17) is 5.73 Å². The first-order chi connectivity index (χ1) is 9.72. The summed E-state index contributed by atoms with van der Waals surface area (Å²) in [6.45, 7) is 2.26. The molecule has 0 bridgehead atoms. The van der Waals surface area contributed by atoms with E-state index in [-0.39, 0.29) is 5.70 Å². The summed E-state index contributed by atoms with van der Waals surface area (Å²) in [6.07, 6.45) is 17.3. The Morgan fingerprint density at radius 1 is 0.900 bits per heavy atom. The second-order valence-electron chi connectivity index (χ2n) is 5.48. The highest BCUT2D eigenvalue weighted by molar-refractivity contribution is 5.87. The molecule has 0 amide bonds. The Labute approximate surface area is 125 Å². The Balaban J connectivity index is 3.23. The molecule has 3 heteroatoms. The van der Waals surface area contributed by atoms with Crippen LogP contribution in [-0.4, -0.2) is 13.1 Å². The van der Waals surface area contributed by atoms with Gasteiger partial charge in [-0.25, -0.2) is 4.79 Å². The summed E-state index contributed by atoms with van der Waals surface area (Å²) in [6, 6.07) is 0. The highest BCUT2D eigenvalue weighted by Crippen LogP contribution is 2.12. The number of carbonyl (C=O) groups excluding carboxylic acids is 1. The van der Waals surface area contributed by atoms with Crippen LogP contribution in [0.2, 0.25) is 0 Å². The Morgan fingerprint density at radius 3 is 1.80 bits per heavy atom. The maximum absolute atomic E-state index is 11.0. The topological polar surface area (TPSA) is 52.3 Å². The molecular weight excluding hydrogens is 250 g/mol. The lowest BCUT2D eigenvalue weighted by Crippen LogP contribution is -2.12. The summed E-state index contributed by atoms with van der Waals surface area (Å²) in [5, 5.41) is 0. The number of rotatable bonds is 13. The van der Waals surface area contributed by atoms with Crippen LogP contribution in [-0.2, 0) is 9.53 Å². The Bertz CT molecular complexity index is 262. The van der Waals surface area contributed by atoms with Crippen molar-refractivity contribution in [2.45, 2.75) is 84.0 Å². The summed E-state index contributed by atoms with van der Waals surface area (Å²) >= 11 is 0. The van der Waals surface area contributed by atoms with E-state index in [1.165, 1.54) is 71.3 Å². The molecule has 0 unspecified atom stereocenters. The van der Waals surface area contributed by atoms with Crippen LogP contribution in [0.5, 0.6) is 0 Å². The van der Waals surface area contributed by atoms with E-state index in [1.54, 1.807) is 6.08 Å². The van der Waals surface area contributed by atoms with Crippen molar-refractivity contribution in [3.8, 4) is 0 Å². The molecule has 0 aromatic rings. The number of allylic oxidation sites excluding steroid dienone is 1. The fraction of sp³-hybridized carbons (Fsp3) is 0.824. The van der Waals surface area contributed by atoms with Gasteiger partial charge in [0.1, 0.15) is 5.70 Å². The zero-order valence-electron chi connectivity index (χ0n) is 13.5. The monoisotopic (exact) mass is 283 g/mol. The highest BCUT2D eigenvalue weighted by Gasteiger charge is 2.02. The third-order valence-electron chi connectivity index (χ3n) is 3.59. The smallest absolute Gasteiger partial charge is 0.353 e. The Morgan fingerprint density at radius 2 is 1.35 bits per heavy atom. The molecular formula is C17H33NO2. The second-order valence-corrected chi connectivity index (χ2v) is 5.48. The number of methoxy groups -OCH3 is 1. The standard InChI is InChI=1S/C17H33NO2/c1-3-4-5-6-7-8-9-10-11-12-13-14-15-16(18)17(19)20-2/h15H,3-14,18H2,1-2H3. The first-order valence-corrected chi connectivity index (χ1v) is 8.26. The van der Waals surface area contributed by atoms with Crippen molar-refractivity contribution in [3.05, 3.63) is 11.8 Å². The fourth-order valence-corrected chi connectivity index (χ4v) is 2.27. The SMILES string of the molecule is CCCCCCCCCCCCCC=C(N)C(=O)OC. The van der Waals surface area contributed by atoms with E-state index in [9.17, 15) is 4.79 Å². The maximum atomic E-state index is 11.0. The number of ether oxygens (including phenoxy) is 1. The third kappa shape index (κ3) is 12.1. The van der Waals surface area contributed by atoms with E-state index < -0.39 is 5.97 Å². The quantitative estimate of drug-likeness (QED) is 0.303. The molecule has 0 atom stereocenters. The molecule has 0 aromatic heterocycles. The van der Waals surface area contributed by atoms with Crippen molar-refractivity contribution in [1.82, 2.24) is 0 Å². The van der Waals surface area contributed by atoms with Crippen LogP contribution in [0.1, 0.15) is 84.0 Å². The van der Waals surface area contributed by atoms with Gasteiger partial charge >= 0.3 is 5.97 Å². The molecule has 0 rings (SSSR count). The van der Waals surface area contributed by atoms with Crippen LogP contribution in [0, 0.1) is 0 Å². The minimum atomic E-state index is -0.423. The largest absolute Gasteiger partial charge is 0.464 e. The van der Waals surface area contributed by atoms with E-state index in [0.717, 1.165) is 12.8 Å². The summed E-state index contributed by atoms with van der Waals surface area (Å²) < 4.78 is 4.54. The molecule has 0 aliphatic rings. The van der Waals surface area contributed by atoms with Crippen molar-refractivity contribution in [3.63, 3.8) is 0 Å². The van der Waals surface area contributed by atoms with Gasteiger partial charge < -0.3 is 10.5 Å². The summed E-state index contributed by atoms with van der Waals surface area (Å²) in [4.78, 5) is 11.0. The first-order valence-electron chi connectivity index (χ1n) is 8.26. The van der Waals surface area contributed by atoms with E-state index in [0.29, 0.717) is 0 Å². The maximum Gasteiger partial charge on any atom is 0.353 e. The number of esters is 1. The van der Waals surface area contributed by atoms with E-state index in [1.807, 2.05) is 0 Å². The predicted octanol–water partition coefficient (Wildman–Crippen LogP) is 4.70. The fourth-order valence-electron chi connectivity index (χ4n) is 2.27. The molecule has 0 aliphatic heterocycles. The highest BCUT2D eigenvalue weighted by atomic mass is 16.5. The predicted molar refractivity (Wildman–Crippen MR) is 85.4 cm³/mol. The zero-order valence-corrected chi connectivity index (χ0v) is 13.5. The van der Waals surface area contributed by atoms with Gasteiger partial charge in [-0.1, -0.05) is 77.2 Å². The number of unbranched alkanes of at least 4 members (excludes halogenated alkanes) is 11. The molecule has 20 heavy (non-hydrogen) atoms. The van der Waals surface area contributed by atoms with Crippen LogP contribution < -0.4 is 5.73 Å². The minimum Gasteiger partial charge on any atom is -0.464 e.